The van der Waals surface area contributed by atoms with Crippen LogP contribution >= 0.6 is 28.6 Å². The lowest BCUT2D eigenvalue weighted by atomic mass is 9.81. The van der Waals surface area contributed by atoms with Gasteiger partial charge in [-0.25, -0.2) is 0 Å². The smallest absolute Gasteiger partial charge is 0.261 e. The maximum absolute atomic E-state index is 12.5. The molecule has 2 amide bonds. The zero-order valence-electron chi connectivity index (χ0n) is 11.5. The van der Waals surface area contributed by atoms with Gasteiger partial charge in [0, 0.05) is 29.6 Å². The first-order valence-corrected chi connectivity index (χ1v) is 8.33. The van der Waals surface area contributed by atoms with Gasteiger partial charge in [-0.15, -0.1) is 0 Å². The van der Waals surface area contributed by atoms with E-state index in [9.17, 15) is 9.59 Å². The van der Waals surface area contributed by atoms with Crippen LogP contribution in [0.2, 0.25) is 0 Å². The molecule has 0 N–H and O–H groups in total. The molecule has 0 aromatic heterocycles. The zero-order chi connectivity index (χ0) is 15.0. The van der Waals surface area contributed by atoms with Crippen LogP contribution < -0.4 is 0 Å². The fraction of sp³-hybridized carbons (Fsp3) is 0.467. The van der Waals surface area contributed by atoms with Gasteiger partial charge in [-0.1, -0.05) is 15.9 Å². The van der Waals surface area contributed by atoms with Crippen molar-refractivity contribution >= 4 is 40.4 Å². The Hall–Kier alpha value is -0.850. The van der Waals surface area contributed by atoms with E-state index in [-0.39, 0.29) is 17.2 Å². The number of halogens is 1. The van der Waals surface area contributed by atoms with Gasteiger partial charge < -0.3 is 4.74 Å². The van der Waals surface area contributed by atoms with E-state index in [1.807, 2.05) is 0 Å². The van der Waals surface area contributed by atoms with Crippen LogP contribution in [0.3, 0.4) is 0 Å². The first-order chi connectivity index (χ1) is 10.1. The molecule has 1 aromatic rings. The van der Waals surface area contributed by atoms with Crippen LogP contribution in [0.4, 0.5) is 0 Å². The summed E-state index contributed by atoms with van der Waals surface area (Å²) in [4.78, 5) is 26.4. The molecule has 4 nitrogen and oxygen atoms in total. The normalized spacial score (nSPS) is 20.8. The van der Waals surface area contributed by atoms with Crippen LogP contribution in [0.25, 0.3) is 0 Å². The molecule has 3 rings (SSSR count). The number of carbonyl (C=O) groups is 2. The Bertz CT molecular complexity index is 599. The number of ether oxygens (including phenoxy) is 1. The number of hydrogen-bond acceptors (Lipinski definition) is 4. The maximum Gasteiger partial charge on any atom is 0.261 e. The van der Waals surface area contributed by atoms with E-state index in [1.54, 1.807) is 18.2 Å². The Balaban J connectivity index is 1.87. The van der Waals surface area contributed by atoms with Gasteiger partial charge in [-0.2, -0.15) is 12.6 Å². The number of amides is 2. The third-order valence-corrected chi connectivity index (χ3v) is 5.48. The highest BCUT2D eigenvalue weighted by molar-refractivity contribution is 9.10. The molecular formula is C15H16BrNO3S. The minimum atomic E-state index is -0.205. The van der Waals surface area contributed by atoms with Gasteiger partial charge in [0.2, 0.25) is 0 Å². The van der Waals surface area contributed by atoms with Gasteiger partial charge in [0.15, 0.2) is 0 Å². The highest BCUT2D eigenvalue weighted by Crippen LogP contribution is 2.36. The third kappa shape index (κ3) is 2.64. The van der Waals surface area contributed by atoms with Crippen molar-refractivity contribution in [3.8, 4) is 0 Å². The van der Waals surface area contributed by atoms with Gasteiger partial charge in [0.05, 0.1) is 11.1 Å². The molecule has 2 aliphatic rings. The second kappa shape index (κ2) is 5.74. The van der Waals surface area contributed by atoms with E-state index >= 15 is 0 Å². The molecule has 1 fully saturated rings. The molecule has 1 aromatic carbocycles. The first kappa shape index (κ1) is 15.1. The molecule has 6 heteroatoms. The molecule has 0 saturated carbocycles. The Kier molecular flexibility index (Phi) is 4.12. The average Bonchev–Trinajstić information content (AvgIpc) is 2.73. The van der Waals surface area contributed by atoms with Crippen molar-refractivity contribution in [2.24, 2.45) is 5.41 Å². The molecule has 0 aliphatic carbocycles. The number of imide groups is 1. The summed E-state index contributed by atoms with van der Waals surface area (Å²) < 4.78 is 6.20. The monoisotopic (exact) mass is 369 g/mol. The number of carbonyl (C=O) groups excluding carboxylic acids is 2. The standard InChI is InChI=1S/C15H16BrNO3S/c16-10-1-2-11-12(7-10)14(19)17(13(11)18)8-15(9-21)3-5-20-6-4-15/h1-2,7,21H,3-6,8-9H2. The van der Waals surface area contributed by atoms with Crippen molar-refractivity contribution in [1.29, 1.82) is 0 Å². The zero-order valence-corrected chi connectivity index (χ0v) is 14.0. The van der Waals surface area contributed by atoms with E-state index in [4.69, 9.17) is 4.74 Å². The van der Waals surface area contributed by atoms with Crippen molar-refractivity contribution in [2.75, 3.05) is 25.5 Å². The van der Waals surface area contributed by atoms with Gasteiger partial charge in [0.1, 0.15) is 0 Å². The number of hydrogen-bond donors (Lipinski definition) is 1. The summed E-state index contributed by atoms with van der Waals surface area (Å²) in [5, 5.41) is 0. The van der Waals surface area contributed by atoms with Crippen LogP contribution in [-0.2, 0) is 4.74 Å². The molecule has 0 radical (unpaired) electrons. The predicted molar refractivity (Wildman–Crippen MR) is 85.8 cm³/mol. The SMILES string of the molecule is O=C1c2ccc(Br)cc2C(=O)N1CC1(CS)CCOCC1. The van der Waals surface area contributed by atoms with Gasteiger partial charge in [-0.3, -0.25) is 14.5 Å². The van der Waals surface area contributed by atoms with Gasteiger partial charge in [0.25, 0.3) is 11.8 Å². The summed E-state index contributed by atoms with van der Waals surface area (Å²) in [5.74, 6) is 0.243. The van der Waals surface area contributed by atoms with Crippen molar-refractivity contribution in [3.05, 3.63) is 33.8 Å². The minimum absolute atomic E-state index is 0.133. The lowest BCUT2D eigenvalue weighted by Gasteiger charge is -2.38. The van der Waals surface area contributed by atoms with Crippen LogP contribution in [0.5, 0.6) is 0 Å². The summed E-state index contributed by atoms with van der Waals surface area (Å²) in [6.45, 7) is 1.74. The molecule has 0 atom stereocenters. The fourth-order valence-corrected chi connectivity index (χ4v) is 3.69. The second-order valence-corrected chi connectivity index (χ2v) is 6.89. The average molecular weight is 370 g/mol. The lowest BCUT2D eigenvalue weighted by molar-refractivity contribution is 0.00996. The number of rotatable bonds is 3. The second-order valence-electron chi connectivity index (χ2n) is 5.66. The van der Waals surface area contributed by atoms with E-state index < -0.39 is 0 Å². The number of fused-ring (bicyclic) bond motifs is 1. The molecule has 21 heavy (non-hydrogen) atoms. The third-order valence-electron chi connectivity index (χ3n) is 4.32. The molecule has 2 aliphatic heterocycles. The van der Waals surface area contributed by atoms with E-state index in [0.717, 1.165) is 17.3 Å². The quantitative estimate of drug-likeness (QED) is 0.658. The Morgan fingerprint density at radius 2 is 1.86 bits per heavy atom. The van der Waals surface area contributed by atoms with Gasteiger partial charge >= 0.3 is 0 Å². The molecule has 0 bridgehead atoms. The van der Waals surface area contributed by atoms with Crippen LogP contribution in [0.15, 0.2) is 22.7 Å². The molecule has 2 heterocycles. The van der Waals surface area contributed by atoms with Crippen LogP contribution in [-0.4, -0.2) is 42.2 Å². The minimum Gasteiger partial charge on any atom is -0.381 e. The van der Waals surface area contributed by atoms with Gasteiger partial charge in [-0.05, 0) is 36.8 Å². The first-order valence-electron chi connectivity index (χ1n) is 6.91. The van der Waals surface area contributed by atoms with Crippen molar-refractivity contribution < 1.29 is 14.3 Å². The molecule has 0 spiro atoms. The number of nitrogens with zero attached hydrogens (tertiary/aromatic N) is 1. The summed E-state index contributed by atoms with van der Waals surface area (Å²) in [6, 6.07) is 5.21. The van der Waals surface area contributed by atoms with E-state index in [1.165, 1.54) is 4.90 Å². The topological polar surface area (TPSA) is 46.6 Å². The Labute approximate surface area is 137 Å². The van der Waals surface area contributed by atoms with Crippen LogP contribution in [0.1, 0.15) is 33.6 Å². The molecule has 1 saturated heterocycles. The predicted octanol–water partition coefficient (Wildman–Crippen LogP) is 2.77. The highest BCUT2D eigenvalue weighted by atomic mass is 79.9. The maximum atomic E-state index is 12.5. The summed E-state index contributed by atoms with van der Waals surface area (Å²) in [6.07, 6.45) is 1.65. The van der Waals surface area contributed by atoms with Crippen LogP contribution in [0, 0.1) is 5.41 Å². The molecular weight excluding hydrogens is 354 g/mol. The molecule has 0 unspecified atom stereocenters. The fourth-order valence-electron chi connectivity index (χ4n) is 2.91. The Morgan fingerprint density at radius 1 is 1.19 bits per heavy atom. The van der Waals surface area contributed by atoms with E-state index in [2.05, 4.69) is 28.6 Å². The van der Waals surface area contributed by atoms with Crippen molar-refractivity contribution in [1.82, 2.24) is 4.90 Å². The van der Waals surface area contributed by atoms with Crippen molar-refractivity contribution in [2.45, 2.75) is 12.8 Å². The molecule has 112 valence electrons. The largest absolute Gasteiger partial charge is 0.381 e. The van der Waals surface area contributed by atoms with Crippen molar-refractivity contribution in [3.63, 3.8) is 0 Å². The summed E-state index contributed by atoms with van der Waals surface area (Å²) in [7, 11) is 0. The number of benzene rings is 1. The lowest BCUT2D eigenvalue weighted by Crippen LogP contribution is -2.45. The Morgan fingerprint density at radius 3 is 2.52 bits per heavy atom. The summed E-state index contributed by atoms with van der Waals surface area (Å²) in [5.41, 5.74) is 0.840. The summed E-state index contributed by atoms with van der Waals surface area (Å²) >= 11 is 7.79. The number of thiol groups is 1. The van der Waals surface area contributed by atoms with E-state index in [0.29, 0.717) is 36.6 Å². The highest BCUT2D eigenvalue weighted by Gasteiger charge is 2.42.